The zero-order valence-electron chi connectivity index (χ0n) is 16.4. The average molecular weight is 426 g/mol. The number of likely N-dealkylation sites (tertiary alicyclic amines) is 1. The van der Waals surface area contributed by atoms with Gasteiger partial charge in [-0.05, 0) is 40.4 Å². The molecule has 0 radical (unpaired) electrons. The van der Waals surface area contributed by atoms with Crippen molar-refractivity contribution in [3.63, 3.8) is 0 Å². The predicted octanol–water partition coefficient (Wildman–Crippen LogP) is 4.92. The van der Waals surface area contributed by atoms with Crippen molar-refractivity contribution in [1.29, 1.82) is 0 Å². The van der Waals surface area contributed by atoms with Gasteiger partial charge in [-0.3, -0.25) is 14.6 Å². The summed E-state index contributed by atoms with van der Waals surface area (Å²) in [5.74, 6) is -1.52. The summed E-state index contributed by atoms with van der Waals surface area (Å²) in [4.78, 5) is 32.9. The molecule has 5 nitrogen and oxygen atoms in total. The van der Waals surface area contributed by atoms with Crippen LogP contribution in [0, 0.1) is 0 Å². The van der Waals surface area contributed by atoms with E-state index < -0.39 is 17.7 Å². The number of nitrogens with zero attached hydrogens (tertiary/aromatic N) is 2. The second kappa shape index (κ2) is 7.81. The molecule has 1 saturated heterocycles. The Morgan fingerprint density at radius 1 is 0.968 bits per heavy atom. The highest BCUT2D eigenvalue weighted by molar-refractivity contribution is 7.09. The maximum atomic E-state index is 13.1. The highest BCUT2D eigenvalue weighted by Gasteiger charge is 2.46. The summed E-state index contributed by atoms with van der Waals surface area (Å²) in [7, 11) is 0. The first kappa shape index (κ1) is 19.2. The van der Waals surface area contributed by atoms with Crippen LogP contribution < -0.4 is 0 Å². The van der Waals surface area contributed by atoms with Crippen molar-refractivity contribution in [1.82, 2.24) is 9.88 Å². The van der Waals surface area contributed by atoms with Crippen LogP contribution in [-0.4, -0.2) is 26.7 Å². The van der Waals surface area contributed by atoms with Gasteiger partial charge in [0.2, 0.25) is 0 Å². The van der Waals surface area contributed by atoms with E-state index in [1.165, 1.54) is 16.2 Å². The fourth-order valence-electron chi connectivity index (χ4n) is 3.95. The molecule has 4 aromatic rings. The lowest BCUT2D eigenvalue weighted by atomic mass is 9.97. The van der Waals surface area contributed by atoms with Gasteiger partial charge in [0.25, 0.3) is 11.7 Å². The van der Waals surface area contributed by atoms with Crippen LogP contribution in [0.3, 0.4) is 0 Å². The number of benzene rings is 2. The Balaban J connectivity index is 1.66. The number of hydrogen-bond acceptors (Lipinski definition) is 5. The second-order valence-corrected chi connectivity index (χ2v) is 8.36. The molecule has 1 atom stereocenters. The van der Waals surface area contributed by atoms with E-state index in [0.717, 1.165) is 15.6 Å². The third-order valence-electron chi connectivity index (χ3n) is 5.44. The van der Waals surface area contributed by atoms with Crippen molar-refractivity contribution in [3.8, 4) is 0 Å². The zero-order chi connectivity index (χ0) is 21.4. The third kappa shape index (κ3) is 3.41. The molecule has 0 spiro atoms. The Morgan fingerprint density at radius 3 is 2.52 bits per heavy atom. The Hall–Kier alpha value is -3.77. The Labute approximate surface area is 182 Å². The van der Waals surface area contributed by atoms with Gasteiger partial charge >= 0.3 is 0 Å². The van der Waals surface area contributed by atoms with Gasteiger partial charge in [-0.25, -0.2) is 0 Å². The molecule has 1 amide bonds. The highest BCUT2D eigenvalue weighted by atomic mass is 32.1. The molecule has 0 saturated carbocycles. The molecule has 152 valence electrons. The molecule has 0 bridgehead atoms. The van der Waals surface area contributed by atoms with Gasteiger partial charge in [-0.2, -0.15) is 0 Å². The number of amides is 1. The molecule has 1 fully saturated rings. The van der Waals surface area contributed by atoms with Crippen LogP contribution in [0.2, 0.25) is 0 Å². The number of carbonyl (C=O) groups excluding carboxylic acids is 2. The van der Waals surface area contributed by atoms with Crippen LogP contribution in [-0.2, 0) is 16.1 Å². The molecular weight excluding hydrogens is 408 g/mol. The van der Waals surface area contributed by atoms with E-state index in [1.807, 2.05) is 60.0 Å². The quantitative estimate of drug-likeness (QED) is 0.286. The number of Topliss-reactive ketones (excluding diaryl/α,β-unsaturated/α-hetero) is 1. The topological polar surface area (TPSA) is 70.5 Å². The molecule has 1 unspecified atom stereocenters. The number of rotatable bonds is 4. The standard InChI is InChI=1S/C25H18N2O3S/c28-23(18-11-10-16-6-1-2-7-17(16)14-18)21-22(20-9-3-4-12-26-20)27(25(30)24(21)29)15-19-8-5-13-31-19/h1-14,22,28H,15H2/b23-21-. The fourth-order valence-corrected chi connectivity index (χ4v) is 4.65. The summed E-state index contributed by atoms with van der Waals surface area (Å²) in [6.07, 6.45) is 1.62. The number of fused-ring (bicyclic) bond motifs is 1. The van der Waals surface area contributed by atoms with Gasteiger partial charge in [0.15, 0.2) is 0 Å². The fraction of sp³-hybridized carbons (Fsp3) is 0.0800. The number of thiophene rings is 1. The van der Waals surface area contributed by atoms with Gasteiger partial charge in [0.1, 0.15) is 11.8 Å². The maximum Gasteiger partial charge on any atom is 0.296 e. The monoisotopic (exact) mass is 426 g/mol. The van der Waals surface area contributed by atoms with Crippen LogP contribution in [0.1, 0.15) is 22.2 Å². The molecule has 1 N–H and O–H groups in total. The van der Waals surface area contributed by atoms with Crippen LogP contribution in [0.5, 0.6) is 0 Å². The van der Waals surface area contributed by atoms with Crippen molar-refractivity contribution in [3.05, 3.63) is 106 Å². The van der Waals surface area contributed by atoms with Crippen LogP contribution >= 0.6 is 11.3 Å². The molecule has 0 aliphatic carbocycles. The zero-order valence-corrected chi connectivity index (χ0v) is 17.3. The predicted molar refractivity (Wildman–Crippen MR) is 120 cm³/mol. The summed E-state index contributed by atoms with van der Waals surface area (Å²) in [6.45, 7) is 0.276. The lowest BCUT2D eigenvalue weighted by Crippen LogP contribution is -2.29. The van der Waals surface area contributed by atoms with Gasteiger partial charge in [0.05, 0.1) is 17.8 Å². The smallest absolute Gasteiger partial charge is 0.296 e. The molecule has 5 rings (SSSR count). The van der Waals surface area contributed by atoms with E-state index >= 15 is 0 Å². The molecule has 1 aliphatic rings. The van der Waals surface area contributed by atoms with Crippen LogP contribution in [0.25, 0.3) is 16.5 Å². The summed E-state index contributed by atoms with van der Waals surface area (Å²) < 4.78 is 0. The van der Waals surface area contributed by atoms with Gasteiger partial charge < -0.3 is 10.0 Å². The first-order valence-electron chi connectivity index (χ1n) is 9.84. The summed E-state index contributed by atoms with van der Waals surface area (Å²) in [5.41, 5.74) is 1.10. The Kier molecular flexibility index (Phi) is 4.84. The molecular formula is C25H18N2O3S. The third-order valence-corrected chi connectivity index (χ3v) is 6.30. The van der Waals surface area contributed by atoms with E-state index in [4.69, 9.17) is 0 Å². The first-order valence-corrected chi connectivity index (χ1v) is 10.7. The minimum atomic E-state index is -0.755. The molecule has 31 heavy (non-hydrogen) atoms. The Morgan fingerprint density at radius 2 is 1.77 bits per heavy atom. The lowest BCUT2D eigenvalue weighted by molar-refractivity contribution is -0.140. The first-order chi connectivity index (χ1) is 15.1. The number of carbonyl (C=O) groups is 2. The van der Waals surface area contributed by atoms with Crippen molar-refractivity contribution in [2.45, 2.75) is 12.6 Å². The van der Waals surface area contributed by atoms with E-state index in [0.29, 0.717) is 11.3 Å². The highest BCUT2D eigenvalue weighted by Crippen LogP contribution is 2.40. The molecule has 2 aromatic heterocycles. The van der Waals surface area contributed by atoms with Crippen molar-refractivity contribution in [2.24, 2.45) is 0 Å². The van der Waals surface area contributed by atoms with Crippen LogP contribution in [0.4, 0.5) is 0 Å². The van der Waals surface area contributed by atoms with Gasteiger partial charge in [0, 0.05) is 16.6 Å². The SMILES string of the molecule is O=C1C(=O)N(Cc2cccs2)C(c2ccccn2)/C1=C(/O)c1ccc2ccccc2c1. The van der Waals surface area contributed by atoms with Gasteiger partial charge in [-0.15, -0.1) is 11.3 Å². The number of aliphatic hydroxyl groups excluding tert-OH is 1. The number of aliphatic hydroxyl groups is 1. The summed E-state index contributed by atoms with van der Waals surface area (Å²) >= 11 is 1.51. The van der Waals surface area contributed by atoms with E-state index in [2.05, 4.69) is 4.98 Å². The number of ketones is 1. The number of aromatic nitrogens is 1. The molecule has 6 heteroatoms. The van der Waals surface area contributed by atoms with E-state index in [1.54, 1.807) is 24.4 Å². The normalized spacial score (nSPS) is 18.1. The lowest BCUT2D eigenvalue weighted by Gasteiger charge is -2.24. The Bertz CT molecular complexity index is 1310. The summed E-state index contributed by atoms with van der Waals surface area (Å²) in [6, 6.07) is 21.7. The van der Waals surface area contributed by atoms with Crippen molar-refractivity contribution >= 4 is 39.6 Å². The average Bonchev–Trinajstić information content (AvgIpc) is 3.41. The number of hydrogen-bond donors (Lipinski definition) is 1. The van der Waals surface area contributed by atoms with Crippen molar-refractivity contribution in [2.75, 3.05) is 0 Å². The summed E-state index contributed by atoms with van der Waals surface area (Å²) in [5, 5.41) is 15.1. The van der Waals surface area contributed by atoms with Gasteiger partial charge in [-0.1, -0.05) is 48.5 Å². The minimum Gasteiger partial charge on any atom is -0.507 e. The molecule has 1 aliphatic heterocycles. The molecule has 2 aromatic carbocycles. The van der Waals surface area contributed by atoms with Crippen molar-refractivity contribution < 1.29 is 14.7 Å². The maximum absolute atomic E-state index is 13.1. The van der Waals surface area contributed by atoms with E-state index in [-0.39, 0.29) is 17.9 Å². The van der Waals surface area contributed by atoms with E-state index in [9.17, 15) is 14.7 Å². The minimum absolute atomic E-state index is 0.0653. The molecule has 3 heterocycles. The largest absolute Gasteiger partial charge is 0.507 e. The number of pyridine rings is 1. The van der Waals surface area contributed by atoms with Crippen LogP contribution in [0.15, 0.2) is 89.9 Å². The second-order valence-electron chi connectivity index (χ2n) is 7.32.